The second kappa shape index (κ2) is 3.31. The topological polar surface area (TPSA) is 20.2 Å². The molecule has 0 amide bonds. The van der Waals surface area contributed by atoms with Crippen LogP contribution in [0.4, 0.5) is 0 Å². The van der Waals surface area contributed by atoms with Crippen LogP contribution in [0.2, 0.25) is 0 Å². The Morgan fingerprint density at radius 3 is 2.38 bits per heavy atom. The molecule has 66 valence electrons. The molecule has 1 nitrogen and oxygen atoms in total. The molecule has 0 unspecified atom stereocenters. The molecule has 0 aliphatic heterocycles. The van der Waals surface area contributed by atoms with Gasteiger partial charge in [-0.15, -0.1) is 0 Å². The molecular formula is C10H6Br2O. The molecule has 0 spiro atoms. The first kappa shape index (κ1) is 9.03. The van der Waals surface area contributed by atoms with Crippen LogP contribution >= 0.6 is 31.9 Å². The molecule has 0 saturated heterocycles. The summed E-state index contributed by atoms with van der Waals surface area (Å²) in [7, 11) is 0. The minimum absolute atomic E-state index is 0.291. The summed E-state index contributed by atoms with van der Waals surface area (Å²) in [4.78, 5) is 0. The standard InChI is InChI=1S/C10H6Br2O/c11-8-3-1-2-7-6(8)4-5-9(12)10(7)13/h1-5,13H. The van der Waals surface area contributed by atoms with Crippen molar-refractivity contribution in [3.8, 4) is 5.75 Å². The molecule has 1 N–H and O–H groups in total. The normalized spacial score (nSPS) is 10.6. The summed E-state index contributed by atoms with van der Waals surface area (Å²) >= 11 is 6.70. The molecule has 13 heavy (non-hydrogen) atoms. The van der Waals surface area contributed by atoms with Gasteiger partial charge in [-0.3, -0.25) is 0 Å². The Hall–Kier alpha value is -0.540. The molecule has 0 aromatic heterocycles. The van der Waals surface area contributed by atoms with E-state index in [0.717, 1.165) is 19.7 Å². The van der Waals surface area contributed by atoms with E-state index in [2.05, 4.69) is 31.9 Å². The van der Waals surface area contributed by atoms with E-state index in [9.17, 15) is 5.11 Å². The van der Waals surface area contributed by atoms with Crippen LogP contribution in [0.3, 0.4) is 0 Å². The van der Waals surface area contributed by atoms with Gasteiger partial charge in [0.2, 0.25) is 0 Å². The number of rotatable bonds is 0. The molecule has 0 aliphatic rings. The van der Waals surface area contributed by atoms with Crippen LogP contribution in [0.5, 0.6) is 5.75 Å². The SMILES string of the molecule is Oc1c(Br)ccc2c(Br)cccc12. The van der Waals surface area contributed by atoms with Crippen molar-refractivity contribution in [2.45, 2.75) is 0 Å². The predicted molar refractivity (Wildman–Crippen MR) is 61.0 cm³/mol. The fourth-order valence-corrected chi connectivity index (χ4v) is 2.12. The third-order valence-electron chi connectivity index (χ3n) is 1.93. The second-order valence-corrected chi connectivity index (χ2v) is 4.44. The lowest BCUT2D eigenvalue weighted by atomic mass is 10.1. The Kier molecular flexibility index (Phi) is 2.30. The Morgan fingerprint density at radius 1 is 0.846 bits per heavy atom. The number of halogens is 2. The Labute approximate surface area is 92.6 Å². The van der Waals surface area contributed by atoms with Gasteiger partial charge in [-0.05, 0) is 33.4 Å². The molecule has 0 bridgehead atoms. The Morgan fingerprint density at radius 2 is 1.62 bits per heavy atom. The molecule has 2 aromatic carbocycles. The second-order valence-electron chi connectivity index (χ2n) is 2.73. The van der Waals surface area contributed by atoms with Gasteiger partial charge in [0.25, 0.3) is 0 Å². The minimum Gasteiger partial charge on any atom is -0.506 e. The maximum absolute atomic E-state index is 9.71. The number of phenolic OH excluding ortho intramolecular Hbond substituents is 1. The highest BCUT2D eigenvalue weighted by Crippen LogP contribution is 2.35. The van der Waals surface area contributed by atoms with Crippen molar-refractivity contribution in [2.24, 2.45) is 0 Å². The molecule has 0 fully saturated rings. The van der Waals surface area contributed by atoms with E-state index in [4.69, 9.17) is 0 Å². The van der Waals surface area contributed by atoms with Crippen LogP contribution in [0.25, 0.3) is 10.8 Å². The Bertz CT molecular complexity index is 466. The lowest BCUT2D eigenvalue weighted by Crippen LogP contribution is -1.76. The van der Waals surface area contributed by atoms with Gasteiger partial charge in [-0.25, -0.2) is 0 Å². The van der Waals surface area contributed by atoms with Crippen molar-refractivity contribution in [1.82, 2.24) is 0 Å². The van der Waals surface area contributed by atoms with Gasteiger partial charge in [0.15, 0.2) is 0 Å². The van der Waals surface area contributed by atoms with Crippen molar-refractivity contribution in [3.05, 3.63) is 39.3 Å². The number of phenols is 1. The lowest BCUT2D eigenvalue weighted by Gasteiger charge is -2.04. The van der Waals surface area contributed by atoms with Crippen LogP contribution in [0.15, 0.2) is 39.3 Å². The molecule has 0 radical (unpaired) electrons. The van der Waals surface area contributed by atoms with Gasteiger partial charge in [-0.2, -0.15) is 0 Å². The zero-order valence-corrected chi connectivity index (χ0v) is 9.76. The fourth-order valence-electron chi connectivity index (χ4n) is 1.28. The van der Waals surface area contributed by atoms with Crippen molar-refractivity contribution >= 4 is 42.6 Å². The maximum atomic E-state index is 9.71. The van der Waals surface area contributed by atoms with Gasteiger partial charge in [-0.1, -0.05) is 34.1 Å². The van der Waals surface area contributed by atoms with Gasteiger partial charge in [0, 0.05) is 9.86 Å². The number of hydrogen-bond acceptors (Lipinski definition) is 1. The maximum Gasteiger partial charge on any atom is 0.137 e. The molecule has 3 heteroatoms. The van der Waals surface area contributed by atoms with Gasteiger partial charge < -0.3 is 5.11 Å². The summed E-state index contributed by atoms with van der Waals surface area (Å²) in [6.45, 7) is 0. The largest absolute Gasteiger partial charge is 0.506 e. The Balaban J connectivity index is 2.94. The predicted octanol–water partition coefficient (Wildman–Crippen LogP) is 4.07. The number of fused-ring (bicyclic) bond motifs is 1. The van der Waals surface area contributed by atoms with Crippen LogP contribution < -0.4 is 0 Å². The van der Waals surface area contributed by atoms with E-state index in [1.165, 1.54) is 0 Å². The summed E-state index contributed by atoms with van der Waals surface area (Å²) in [6.07, 6.45) is 0. The minimum atomic E-state index is 0.291. The van der Waals surface area contributed by atoms with Crippen molar-refractivity contribution in [3.63, 3.8) is 0 Å². The first-order valence-corrected chi connectivity index (χ1v) is 5.34. The highest BCUT2D eigenvalue weighted by atomic mass is 79.9. The summed E-state index contributed by atoms with van der Waals surface area (Å²) in [5.74, 6) is 0.291. The molecule has 0 atom stereocenters. The van der Waals surface area contributed by atoms with Crippen LogP contribution in [0, 0.1) is 0 Å². The van der Waals surface area contributed by atoms with Crippen LogP contribution in [0.1, 0.15) is 0 Å². The van der Waals surface area contributed by atoms with Gasteiger partial charge in [0.1, 0.15) is 5.75 Å². The third-order valence-corrected chi connectivity index (χ3v) is 3.26. The molecule has 0 heterocycles. The van der Waals surface area contributed by atoms with Crippen molar-refractivity contribution < 1.29 is 5.11 Å². The molecule has 0 saturated carbocycles. The van der Waals surface area contributed by atoms with E-state index in [-0.39, 0.29) is 0 Å². The van der Waals surface area contributed by atoms with E-state index in [0.29, 0.717) is 5.75 Å². The summed E-state index contributed by atoms with van der Waals surface area (Å²) in [5.41, 5.74) is 0. The average molecular weight is 302 g/mol. The molecular weight excluding hydrogens is 296 g/mol. The summed E-state index contributed by atoms with van der Waals surface area (Å²) in [5, 5.41) is 11.6. The number of aromatic hydroxyl groups is 1. The first-order valence-electron chi connectivity index (χ1n) is 3.76. The lowest BCUT2D eigenvalue weighted by molar-refractivity contribution is 0.478. The van der Waals surface area contributed by atoms with E-state index in [1.807, 2.05) is 30.3 Å². The molecule has 2 rings (SSSR count). The van der Waals surface area contributed by atoms with Crippen molar-refractivity contribution in [1.29, 1.82) is 0 Å². The third kappa shape index (κ3) is 1.46. The molecule has 2 aromatic rings. The zero-order valence-electron chi connectivity index (χ0n) is 6.59. The monoisotopic (exact) mass is 300 g/mol. The van der Waals surface area contributed by atoms with Crippen LogP contribution in [-0.4, -0.2) is 5.11 Å². The molecule has 0 aliphatic carbocycles. The van der Waals surface area contributed by atoms with E-state index < -0.39 is 0 Å². The van der Waals surface area contributed by atoms with Gasteiger partial charge in [0.05, 0.1) is 4.47 Å². The number of benzene rings is 2. The average Bonchev–Trinajstić information content (AvgIpc) is 2.12. The fraction of sp³-hybridized carbons (Fsp3) is 0. The van der Waals surface area contributed by atoms with E-state index >= 15 is 0 Å². The highest BCUT2D eigenvalue weighted by molar-refractivity contribution is 9.11. The zero-order chi connectivity index (χ0) is 9.42. The quantitative estimate of drug-likeness (QED) is 0.778. The summed E-state index contributed by atoms with van der Waals surface area (Å²) in [6, 6.07) is 9.54. The van der Waals surface area contributed by atoms with E-state index in [1.54, 1.807) is 0 Å². The highest BCUT2D eigenvalue weighted by Gasteiger charge is 2.05. The number of hydrogen-bond donors (Lipinski definition) is 1. The smallest absolute Gasteiger partial charge is 0.137 e. The summed E-state index contributed by atoms with van der Waals surface area (Å²) < 4.78 is 1.71. The van der Waals surface area contributed by atoms with Gasteiger partial charge >= 0.3 is 0 Å². The first-order chi connectivity index (χ1) is 6.20. The van der Waals surface area contributed by atoms with Crippen LogP contribution in [-0.2, 0) is 0 Å². The van der Waals surface area contributed by atoms with Crippen molar-refractivity contribution in [2.75, 3.05) is 0 Å².